The molecule has 1 saturated heterocycles. The number of halogens is 1. The molecule has 1 fully saturated rings. The van der Waals surface area contributed by atoms with Crippen LogP contribution in [0.4, 0.5) is 0 Å². The molecule has 0 saturated carbocycles. The molecule has 5 heteroatoms. The molecule has 0 spiro atoms. The number of hydrogen-bond donors (Lipinski definition) is 1. The van der Waals surface area contributed by atoms with Crippen LogP contribution in [-0.4, -0.2) is 41.1 Å². The monoisotopic (exact) mass is 311 g/mol. The zero-order valence-corrected chi connectivity index (χ0v) is 13.8. The molecule has 0 aromatic carbocycles. The van der Waals surface area contributed by atoms with Crippen LogP contribution in [0.5, 0.6) is 0 Å². The Labute approximate surface area is 132 Å². The lowest BCUT2D eigenvalue weighted by molar-refractivity contribution is 0.0728. The van der Waals surface area contributed by atoms with Crippen LogP contribution in [0.1, 0.15) is 50.0 Å². The van der Waals surface area contributed by atoms with Crippen LogP contribution in [0.2, 0.25) is 5.02 Å². The molecule has 1 N–H and O–H groups in total. The topological polar surface area (TPSA) is 37.3 Å². The highest BCUT2D eigenvalue weighted by molar-refractivity contribution is 6.31. The largest absolute Gasteiger partial charge is 0.342 e. The first-order chi connectivity index (χ1) is 10.2. The van der Waals surface area contributed by atoms with Gasteiger partial charge in [0.25, 0.3) is 5.91 Å². The maximum Gasteiger partial charge on any atom is 0.270 e. The molecule has 1 aliphatic rings. The van der Waals surface area contributed by atoms with E-state index in [0.717, 1.165) is 45.4 Å². The normalized spacial score (nSPS) is 18.1. The number of nitrogens with one attached hydrogen (secondary N) is 1. The summed E-state index contributed by atoms with van der Waals surface area (Å²) in [6.07, 6.45) is 6.33. The molecule has 1 aromatic rings. The molecule has 1 aromatic heterocycles. The van der Waals surface area contributed by atoms with Crippen molar-refractivity contribution in [1.82, 2.24) is 14.8 Å². The van der Waals surface area contributed by atoms with E-state index in [1.807, 2.05) is 22.6 Å². The molecule has 118 valence electrons. The summed E-state index contributed by atoms with van der Waals surface area (Å²) in [4.78, 5) is 14.8. The number of aromatic nitrogens is 1. The molecule has 0 bridgehead atoms. The van der Waals surface area contributed by atoms with Crippen LogP contribution in [0.3, 0.4) is 0 Å². The Kier molecular flexibility index (Phi) is 6.12. The van der Waals surface area contributed by atoms with Gasteiger partial charge in [-0.3, -0.25) is 4.79 Å². The van der Waals surface area contributed by atoms with Gasteiger partial charge < -0.3 is 14.8 Å². The van der Waals surface area contributed by atoms with Gasteiger partial charge in [0.05, 0.1) is 5.02 Å². The quantitative estimate of drug-likeness (QED) is 0.840. The highest BCUT2D eigenvalue weighted by atomic mass is 35.5. The van der Waals surface area contributed by atoms with Gasteiger partial charge in [-0.2, -0.15) is 0 Å². The number of hydrogen-bond acceptors (Lipinski definition) is 2. The smallest absolute Gasteiger partial charge is 0.270 e. The number of nitrogens with zero attached hydrogens (tertiary/aromatic N) is 2. The number of amides is 1. The van der Waals surface area contributed by atoms with Gasteiger partial charge >= 0.3 is 0 Å². The fourth-order valence-corrected chi connectivity index (χ4v) is 3.10. The van der Waals surface area contributed by atoms with Crippen molar-refractivity contribution >= 4 is 17.5 Å². The van der Waals surface area contributed by atoms with Gasteiger partial charge in [-0.1, -0.05) is 24.9 Å². The van der Waals surface area contributed by atoms with Gasteiger partial charge in [-0.15, -0.1) is 0 Å². The van der Waals surface area contributed by atoms with E-state index in [1.165, 1.54) is 6.42 Å². The lowest BCUT2D eigenvalue weighted by Gasteiger charge is -2.26. The van der Waals surface area contributed by atoms with Crippen molar-refractivity contribution in [1.29, 1.82) is 0 Å². The molecule has 1 unspecified atom stereocenters. The summed E-state index contributed by atoms with van der Waals surface area (Å²) in [6, 6.07) is 2.22. The summed E-state index contributed by atoms with van der Waals surface area (Å²) in [6.45, 7) is 7.63. The van der Waals surface area contributed by atoms with E-state index in [1.54, 1.807) is 6.07 Å². The SMILES string of the molecule is CCCCN(CC1CCCN1)C(=O)c1cc(Cl)cn1CC. The number of unbranched alkanes of at least 4 members (excludes halogenated alkanes) is 1. The number of carbonyl (C=O) groups excluding carboxylic acids is 1. The van der Waals surface area contributed by atoms with Gasteiger partial charge in [-0.25, -0.2) is 0 Å². The summed E-state index contributed by atoms with van der Waals surface area (Å²) in [7, 11) is 0. The Hall–Kier alpha value is -1.00. The molecule has 4 nitrogen and oxygen atoms in total. The standard InChI is InChI=1S/C16H26ClN3O/c1-3-5-9-20(12-14-7-6-8-18-14)16(21)15-10-13(17)11-19(15)4-2/h10-11,14,18H,3-9,12H2,1-2H3. The lowest BCUT2D eigenvalue weighted by atomic mass is 10.2. The van der Waals surface area contributed by atoms with Gasteiger partial charge in [0.2, 0.25) is 0 Å². The van der Waals surface area contributed by atoms with E-state index >= 15 is 0 Å². The molecule has 1 atom stereocenters. The zero-order chi connectivity index (χ0) is 15.2. The van der Waals surface area contributed by atoms with E-state index in [-0.39, 0.29) is 5.91 Å². The molecular weight excluding hydrogens is 286 g/mol. The van der Waals surface area contributed by atoms with E-state index in [9.17, 15) is 4.79 Å². The van der Waals surface area contributed by atoms with Crippen molar-refractivity contribution in [2.75, 3.05) is 19.6 Å². The highest BCUT2D eigenvalue weighted by Crippen LogP contribution is 2.17. The molecular formula is C16H26ClN3O. The van der Waals surface area contributed by atoms with Crippen LogP contribution >= 0.6 is 11.6 Å². The van der Waals surface area contributed by atoms with Crippen molar-refractivity contribution in [2.45, 2.75) is 52.1 Å². The van der Waals surface area contributed by atoms with E-state index in [0.29, 0.717) is 16.8 Å². The molecule has 1 amide bonds. The van der Waals surface area contributed by atoms with Crippen molar-refractivity contribution in [3.05, 3.63) is 23.0 Å². The van der Waals surface area contributed by atoms with Gasteiger partial charge in [0.1, 0.15) is 5.69 Å². The summed E-state index contributed by atoms with van der Waals surface area (Å²) in [5.74, 6) is 0.103. The third kappa shape index (κ3) is 4.24. The third-order valence-electron chi connectivity index (χ3n) is 4.09. The average Bonchev–Trinajstić information content (AvgIpc) is 3.11. The van der Waals surface area contributed by atoms with Crippen LogP contribution in [0.15, 0.2) is 12.3 Å². The Bertz CT molecular complexity index is 466. The molecule has 0 radical (unpaired) electrons. The molecule has 21 heavy (non-hydrogen) atoms. The predicted octanol–water partition coefficient (Wildman–Crippen LogP) is 3.16. The molecule has 1 aliphatic heterocycles. The van der Waals surface area contributed by atoms with Gasteiger partial charge in [0, 0.05) is 31.9 Å². The van der Waals surface area contributed by atoms with Crippen molar-refractivity contribution in [3.63, 3.8) is 0 Å². The van der Waals surface area contributed by atoms with Crippen LogP contribution in [0, 0.1) is 0 Å². The Morgan fingerprint density at radius 1 is 1.52 bits per heavy atom. The number of carbonyl (C=O) groups is 1. The van der Waals surface area contributed by atoms with E-state index in [4.69, 9.17) is 11.6 Å². The minimum Gasteiger partial charge on any atom is -0.342 e. The predicted molar refractivity (Wildman–Crippen MR) is 87.0 cm³/mol. The van der Waals surface area contributed by atoms with E-state index < -0.39 is 0 Å². The van der Waals surface area contributed by atoms with Crippen LogP contribution in [0.25, 0.3) is 0 Å². The minimum atomic E-state index is 0.103. The van der Waals surface area contributed by atoms with Crippen LogP contribution < -0.4 is 5.32 Å². The van der Waals surface area contributed by atoms with Gasteiger partial charge in [0.15, 0.2) is 0 Å². The van der Waals surface area contributed by atoms with E-state index in [2.05, 4.69) is 12.2 Å². The third-order valence-corrected chi connectivity index (χ3v) is 4.30. The maximum absolute atomic E-state index is 12.9. The van der Waals surface area contributed by atoms with Crippen molar-refractivity contribution in [3.8, 4) is 0 Å². The number of aryl methyl sites for hydroxylation is 1. The lowest BCUT2D eigenvalue weighted by Crippen LogP contribution is -2.42. The first-order valence-corrected chi connectivity index (χ1v) is 8.41. The first-order valence-electron chi connectivity index (χ1n) is 8.04. The first kappa shape index (κ1) is 16.4. The summed E-state index contributed by atoms with van der Waals surface area (Å²) in [5.41, 5.74) is 0.705. The second kappa shape index (κ2) is 7.85. The molecule has 0 aliphatic carbocycles. The Morgan fingerprint density at radius 3 is 2.95 bits per heavy atom. The fourth-order valence-electron chi connectivity index (χ4n) is 2.88. The summed E-state index contributed by atoms with van der Waals surface area (Å²) >= 11 is 6.06. The highest BCUT2D eigenvalue weighted by Gasteiger charge is 2.24. The van der Waals surface area contributed by atoms with Crippen molar-refractivity contribution < 1.29 is 4.79 Å². The molecule has 2 heterocycles. The second-order valence-corrected chi connectivity index (χ2v) is 6.16. The average molecular weight is 312 g/mol. The Morgan fingerprint density at radius 2 is 2.33 bits per heavy atom. The number of rotatable bonds is 7. The van der Waals surface area contributed by atoms with Gasteiger partial charge in [-0.05, 0) is 38.8 Å². The maximum atomic E-state index is 12.9. The summed E-state index contributed by atoms with van der Waals surface area (Å²) < 4.78 is 1.94. The van der Waals surface area contributed by atoms with Crippen molar-refractivity contribution in [2.24, 2.45) is 0 Å². The van der Waals surface area contributed by atoms with Crippen LogP contribution in [-0.2, 0) is 6.54 Å². The summed E-state index contributed by atoms with van der Waals surface area (Å²) in [5, 5.41) is 4.11. The minimum absolute atomic E-state index is 0.103. The fraction of sp³-hybridized carbons (Fsp3) is 0.688. The zero-order valence-electron chi connectivity index (χ0n) is 13.1. The Balaban J connectivity index is 2.11. The molecule has 2 rings (SSSR count). The second-order valence-electron chi connectivity index (χ2n) is 5.73.